The van der Waals surface area contributed by atoms with E-state index in [2.05, 4.69) is 31.4 Å². The first-order valence-electron chi connectivity index (χ1n) is 7.65. The topological polar surface area (TPSA) is 64.1 Å². The van der Waals surface area contributed by atoms with Crippen LogP contribution in [0.15, 0.2) is 56.8 Å². The smallest absolute Gasteiger partial charge is 0.416 e. The van der Waals surface area contributed by atoms with Crippen molar-refractivity contribution >= 4 is 50.6 Å². The van der Waals surface area contributed by atoms with Crippen LogP contribution in [0.5, 0.6) is 11.5 Å². The number of halogens is 4. The molecule has 2 aromatic carbocycles. The minimum absolute atomic E-state index is 0.0246. The lowest BCUT2D eigenvalue weighted by molar-refractivity contribution is -0.137. The molecule has 0 atom stereocenters. The number of hydrogen-bond acceptors (Lipinski definition) is 6. The first kappa shape index (κ1) is 20.6. The number of nitrogens with zero attached hydrogens (tertiary/aromatic N) is 2. The van der Waals surface area contributed by atoms with Crippen LogP contribution in [0.2, 0.25) is 0 Å². The Labute approximate surface area is 174 Å². The number of hydrogen-bond donors (Lipinski definition) is 1. The number of rotatable bonds is 6. The first-order chi connectivity index (χ1) is 13.3. The second-order valence-electron chi connectivity index (χ2n) is 5.31. The van der Waals surface area contributed by atoms with Crippen LogP contribution in [-0.4, -0.2) is 21.9 Å². The third-order valence-corrected chi connectivity index (χ3v) is 5.68. The maximum absolute atomic E-state index is 13.1. The molecule has 0 aliphatic heterocycles. The number of amides is 1. The minimum Gasteiger partial charge on any atom is -0.455 e. The summed E-state index contributed by atoms with van der Waals surface area (Å²) in [5.74, 6) is 0.00912. The predicted octanol–water partition coefficient (Wildman–Crippen LogP) is 5.84. The van der Waals surface area contributed by atoms with Gasteiger partial charge in [0, 0.05) is 4.47 Å². The second-order valence-corrected chi connectivity index (χ2v) is 8.28. The van der Waals surface area contributed by atoms with Gasteiger partial charge in [-0.2, -0.15) is 13.2 Å². The molecule has 0 aliphatic rings. The molecule has 0 radical (unpaired) electrons. The quantitative estimate of drug-likeness (QED) is 0.440. The Kier molecular flexibility index (Phi) is 6.57. The van der Waals surface area contributed by atoms with Gasteiger partial charge in [-0.1, -0.05) is 39.0 Å². The normalized spacial score (nSPS) is 11.3. The molecule has 0 saturated carbocycles. The van der Waals surface area contributed by atoms with Crippen molar-refractivity contribution in [2.24, 2.45) is 0 Å². The van der Waals surface area contributed by atoms with Gasteiger partial charge in [-0.25, -0.2) is 0 Å². The van der Waals surface area contributed by atoms with Gasteiger partial charge in [0.2, 0.25) is 5.91 Å². The third kappa shape index (κ3) is 5.69. The van der Waals surface area contributed by atoms with Crippen LogP contribution >= 0.6 is 39.0 Å². The van der Waals surface area contributed by atoms with Gasteiger partial charge in [-0.05, 0) is 42.5 Å². The lowest BCUT2D eigenvalue weighted by Crippen LogP contribution is -2.15. The zero-order chi connectivity index (χ0) is 20.1. The van der Waals surface area contributed by atoms with Crippen molar-refractivity contribution in [3.63, 3.8) is 0 Å². The van der Waals surface area contributed by atoms with Crippen LogP contribution in [0, 0.1) is 0 Å². The van der Waals surface area contributed by atoms with E-state index in [1.165, 1.54) is 22.9 Å². The zero-order valence-corrected chi connectivity index (χ0v) is 17.1. The summed E-state index contributed by atoms with van der Waals surface area (Å²) in [6.07, 6.45) is -4.54. The highest BCUT2D eigenvalue weighted by Crippen LogP contribution is 2.37. The molecule has 146 valence electrons. The number of nitrogens with one attached hydrogen (secondary N) is 1. The molecule has 0 aliphatic carbocycles. The number of carbonyl (C=O) groups excluding carboxylic acids is 1. The Bertz CT molecular complexity index is 951. The van der Waals surface area contributed by atoms with Crippen LogP contribution in [-0.2, 0) is 11.0 Å². The molecule has 1 heterocycles. The van der Waals surface area contributed by atoms with Gasteiger partial charge < -0.3 is 10.1 Å². The lowest BCUT2D eigenvalue weighted by atomic mass is 10.1. The summed E-state index contributed by atoms with van der Waals surface area (Å²) in [6.45, 7) is 0. The molecule has 0 bridgehead atoms. The van der Waals surface area contributed by atoms with Crippen molar-refractivity contribution in [3.05, 3.63) is 58.0 Å². The van der Waals surface area contributed by atoms with E-state index >= 15 is 0 Å². The highest BCUT2D eigenvalue weighted by atomic mass is 79.9. The molecular weight excluding hydrogens is 479 g/mol. The fraction of sp³-hybridized carbons (Fsp3) is 0.118. The van der Waals surface area contributed by atoms with Gasteiger partial charge in [-0.3, -0.25) is 4.79 Å². The number of alkyl halides is 3. The van der Waals surface area contributed by atoms with E-state index in [4.69, 9.17) is 4.74 Å². The van der Waals surface area contributed by atoms with Crippen LogP contribution in [0.4, 0.5) is 18.9 Å². The number of thioether (sulfide) groups is 1. The van der Waals surface area contributed by atoms with Gasteiger partial charge in [0.15, 0.2) is 10.1 Å². The Morgan fingerprint density at radius 1 is 1.21 bits per heavy atom. The number of carbonyl (C=O) groups is 1. The molecule has 1 N–H and O–H groups in total. The van der Waals surface area contributed by atoms with Crippen molar-refractivity contribution in [1.29, 1.82) is 0 Å². The first-order valence-corrected chi connectivity index (χ1v) is 10.3. The Balaban J connectivity index is 1.80. The molecule has 1 aromatic heterocycles. The second kappa shape index (κ2) is 8.93. The van der Waals surface area contributed by atoms with E-state index < -0.39 is 17.6 Å². The molecule has 0 fully saturated rings. The number of ether oxygens (including phenoxy) is 1. The summed E-state index contributed by atoms with van der Waals surface area (Å²) in [5.41, 5.74) is 0.570. The zero-order valence-electron chi connectivity index (χ0n) is 13.9. The summed E-state index contributed by atoms with van der Waals surface area (Å²) >= 11 is 5.70. The lowest BCUT2D eigenvalue weighted by Gasteiger charge is -2.15. The number of benzene rings is 2. The fourth-order valence-corrected chi connectivity index (χ4v) is 3.61. The standard InChI is InChI=1S/C17H11BrF3N3O2S2/c18-11-2-4-12(5-3-11)26-14-6-1-10(17(19,20)21)7-13(14)23-15(25)8-27-16-24-22-9-28-16/h1-7,9H,8H2,(H,23,25). The van der Waals surface area contributed by atoms with Crippen LogP contribution in [0.25, 0.3) is 0 Å². The molecule has 0 saturated heterocycles. The van der Waals surface area contributed by atoms with Crippen molar-refractivity contribution in [2.75, 3.05) is 11.1 Å². The molecule has 0 unspecified atom stereocenters. The molecule has 1 amide bonds. The largest absolute Gasteiger partial charge is 0.455 e. The Morgan fingerprint density at radius 3 is 2.61 bits per heavy atom. The minimum atomic E-state index is -4.54. The van der Waals surface area contributed by atoms with Crippen LogP contribution in [0.3, 0.4) is 0 Å². The molecule has 5 nitrogen and oxygen atoms in total. The summed E-state index contributed by atoms with van der Waals surface area (Å²) in [7, 11) is 0. The van der Waals surface area contributed by atoms with E-state index in [9.17, 15) is 18.0 Å². The highest BCUT2D eigenvalue weighted by molar-refractivity contribution is 9.10. The molecule has 3 aromatic rings. The number of anilines is 1. The van der Waals surface area contributed by atoms with Gasteiger partial charge >= 0.3 is 6.18 Å². The van der Waals surface area contributed by atoms with Crippen LogP contribution < -0.4 is 10.1 Å². The average molecular weight is 490 g/mol. The maximum Gasteiger partial charge on any atom is 0.416 e. The third-order valence-electron chi connectivity index (χ3n) is 3.29. The van der Waals surface area contributed by atoms with Gasteiger partial charge in [0.05, 0.1) is 17.0 Å². The van der Waals surface area contributed by atoms with E-state index in [0.29, 0.717) is 10.1 Å². The van der Waals surface area contributed by atoms with Crippen molar-refractivity contribution in [2.45, 2.75) is 10.5 Å². The summed E-state index contributed by atoms with van der Waals surface area (Å²) in [4.78, 5) is 12.2. The van der Waals surface area contributed by atoms with Gasteiger partial charge in [-0.15, -0.1) is 10.2 Å². The fourth-order valence-electron chi connectivity index (χ4n) is 2.06. The summed E-state index contributed by atoms with van der Waals surface area (Å²) in [6, 6.07) is 9.70. The highest BCUT2D eigenvalue weighted by Gasteiger charge is 2.31. The average Bonchev–Trinajstić information content (AvgIpc) is 3.16. The van der Waals surface area contributed by atoms with Gasteiger partial charge in [0.25, 0.3) is 0 Å². The van der Waals surface area contributed by atoms with E-state index in [1.54, 1.807) is 24.3 Å². The Hall–Kier alpha value is -2.11. The van der Waals surface area contributed by atoms with Crippen molar-refractivity contribution in [1.82, 2.24) is 10.2 Å². The van der Waals surface area contributed by atoms with E-state index in [-0.39, 0.29) is 17.2 Å². The Morgan fingerprint density at radius 2 is 1.96 bits per heavy atom. The van der Waals surface area contributed by atoms with Crippen molar-refractivity contribution < 1.29 is 22.7 Å². The SMILES string of the molecule is O=C(CSc1nncs1)Nc1cc(C(F)(F)F)ccc1Oc1ccc(Br)cc1. The predicted molar refractivity (Wildman–Crippen MR) is 105 cm³/mol. The van der Waals surface area contributed by atoms with E-state index in [0.717, 1.165) is 28.4 Å². The van der Waals surface area contributed by atoms with Gasteiger partial charge in [0.1, 0.15) is 11.3 Å². The molecule has 3 rings (SSSR count). The summed E-state index contributed by atoms with van der Waals surface area (Å²) in [5, 5.41) is 9.93. The molecule has 28 heavy (non-hydrogen) atoms. The number of aromatic nitrogens is 2. The maximum atomic E-state index is 13.1. The molecule has 11 heteroatoms. The molecule has 0 spiro atoms. The molecular formula is C17H11BrF3N3O2S2. The van der Waals surface area contributed by atoms with Crippen LogP contribution in [0.1, 0.15) is 5.56 Å². The van der Waals surface area contributed by atoms with Crippen molar-refractivity contribution in [3.8, 4) is 11.5 Å². The van der Waals surface area contributed by atoms with E-state index in [1.807, 2.05) is 0 Å². The summed E-state index contributed by atoms with van der Waals surface area (Å²) < 4.78 is 46.3. The monoisotopic (exact) mass is 489 g/mol.